The molecule has 0 aliphatic carbocycles. The Bertz CT molecular complexity index is 415. The number of hydrogen-bond donors (Lipinski definition) is 1. The molecule has 1 aromatic heterocycles. The van der Waals surface area contributed by atoms with Crippen LogP contribution in [0.15, 0.2) is 4.52 Å². The maximum absolute atomic E-state index is 11.7. The van der Waals surface area contributed by atoms with Crippen molar-refractivity contribution in [3.05, 3.63) is 17.0 Å². The normalized spacial score (nSPS) is 11.6. The Morgan fingerprint density at radius 2 is 2.16 bits per heavy atom. The lowest BCUT2D eigenvalue weighted by Gasteiger charge is -2.08. The summed E-state index contributed by atoms with van der Waals surface area (Å²) in [4.78, 5) is 15.2. The fourth-order valence-electron chi connectivity index (χ4n) is 1.18. The van der Waals surface area contributed by atoms with Crippen LogP contribution in [0.4, 0.5) is 13.2 Å². The molecular weight excluding hydrogens is 285 g/mol. The Kier molecular flexibility index (Phi) is 5.67. The summed E-state index contributed by atoms with van der Waals surface area (Å²) in [6.07, 6.45) is -4.46. The van der Waals surface area contributed by atoms with Gasteiger partial charge in [0.25, 0.3) is 5.91 Å². The second kappa shape index (κ2) is 6.80. The van der Waals surface area contributed by atoms with Gasteiger partial charge in [-0.15, -0.1) is 11.8 Å². The van der Waals surface area contributed by atoms with E-state index >= 15 is 0 Å². The summed E-state index contributed by atoms with van der Waals surface area (Å²) in [6.45, 7) is 2.02. The predicted octanol–water partition coefficient (Wildman–Crippen LogP) is 2.13. The third kappa shape index (κ3) is 5.97. The lowest BCUT2D eigenvalue weighted by atomic mass is 10.2. The molecule has 19 heavy (non-hydrogen) atoms. The van der Waals surface area contributed by atoms with Gasteiger partial charge in [-0.05, 0) is 13.8 Å². The van der Waals surface area contributed by atoms with E-state index in [1.54, 1.807) is 19.3 Å². The number of amides is 1. The predicted molar refractivity (Wildman–Crippen MR) is 62.3 cm³/mol. The number of thioether (sulfide) groups is 1. The van der Waals surface area contributed by atoms with Gasteiger partial charge in [-0.25, -0.2) is 5.48 Å². The number of aryl methyl sites for hydroxylation is 2. The Morgan fingerprint density at radius 3 is 2.68 bits per heavy atom. The zero-order valence-corrected chi connectivity index (χ0v) is 11.2. The maximum atomic E-state index is 11.7. The van der Waals surface area contributed by atoms with Gasteiger partial charge in [0.05, 0.1) is 11.4 Å². The first-order valence-electron chi connectivity index (χ1n) is 5.26. The van der Waals surface area contributed by atoms with Crippen molar-refractivity contribution in [1.82, 2.24) is 10.6 Å². The number of halogens is 3. The van der Waals surface area contributed by atoms with Crippen LogP contribution >= 0.6 is 11.8 Å². The number of carbonyl (C=O) groups excluding carboxylic acids is 1. The van der Waals surface area contributed by atoms with Crippen molar-refractivity contribution < 1.29 is 27.3 Å². The van der Waals surface area contributed by atoms with Gasteiger partial charge >= 0.3 is 6.18 Å². The molecule has 0 saturated carbocycles. The minimum atomic E-state index is -4.46. The van der Waals surface area contributed by atoms with E-state index in [1.165, 1.54) is 11.8 Å². The zero-order chi connectivity index (χ0) is 14.5. The molecular formula is C10H13F3N2O3S. The summed E-state index contributed by atoms with van der Waals surface area (Å²) in [7, 11) is 0. The number of rotatable bonds is 6. The topological polar surface area (TPSA) is 64.4 Å². The maximum Gasteiger partial charge on any atom is 0.414 e. The SMILES string of the molecule is Cc1noc(C)c1CSCC(=O)NOCC(F)(F)F. The van der Waals surface area contributed by atoms with Crippen molar-refractivity contribution in [2.45, 2.75) is 25.8 Å². The number of hydrogen-bond acceptors (Lipinski definition) is 5. The van der Waals surface area contributed by atoms with Crippen molar-refractivity contribution >= 4 is 17.7 Å². The first-order chi connectivity index (χ1) is 8.79. The number of nitrogens with zero attached hydrogens (tertiary/aromatic N) is 1. The van der Waals surface area contributed by atoms with Crippen LogP contribution in [-0.4, -0.2) is 29.6 Å². The van der Waals surface area contributed by atoms with Crippen LogP contribution in [0.1, 0.15) is 17.0 Å². The molecule has 1 N–H and O–H groups in total. The molecule has 1 amide bonds. The van der Waals surface area contributed by atoms with Crippen LogP contribution in [0, 0.1) is 13.8 Å². The van der Waals surface area contributed by atoms with Gasteiger partial charge < -0.3 is 4.52 Å². The van der Waals surface area contributed by atoms with Gasteiger partial charge in [-0.2, -0.15) is 13.2 Å². The number of alkyl halides is 3. The molecule has 0 aromatic carbocycles. The van der Waals surface area contributed by atoms with Crippen LogP contribution in [-0.2, 0) is 15.4 Å². The Hall–Kier alpha value is -1.22. The highest BCUT2D eigenvalue weighted by atomic mass is 32.2. The molecule has 0 saturated heterocycles. The second-order valence-corrected chi connectivity index (χ2v) is 4.71. The van der Waals surface area contributed by atoms with Crippen molar-refractivity contribution in [2.75, 3.05) is 12.4 Å². The third-order valence-electron chi connectivity index (χ3n) is 2.08. The smallest absolute Gasteiger partial charge is 0.361 e. The zero-order valence-electron chi connectivity index (χ0n) is 10.3. The highest BCUT2D eigenvalue weighted by Crippen LogP contribution is 2.19. The van der Waals surface area contributed by atoms with Crippen LogP contribution in [0.3, 0.4) is 0 Å². The fourth-order valence-corrected chi connectivity index (χ4v) is 2.14. The fraction of sp³-hybridized carbons (Fsp3) is 0.600. The highest BCUT2D eigenvalue weighted by molar-refractivity contribution is 7.99. The van der Waals surface area contributed by atoms with E-state index in [9.17, 15) is 18.0 Å². The average molecular weight is 298 g/mol. The Labute approximate surface area is 111 Å². The monoisotopic (exact) mass is 298 g/mol. The van der Waals surface area contributed by atoms with Gasteiger partial charge in [0.2, 0.25) is 0 Å². The summed E-state index contributed by atoms with van der Waals surface area (Å²) >= 11 is 1.23. The molecule has 0 aliphatic rings. The van der Waals surface area contributed by atoms with E-state index in [0.717, 1.165) is 11.3 Å². The Morgan fingerprint density at radius 1 is 1.47 bits per heavy atom. The molecule has 0 bridgehead atoms. The molecule has 108 valence electrons. The molecule has 0 atom stereocenters. The van der Waals surface area contributed by atoms with Gasteiger partial charge in [0, 0.05) is 11.3 Å². The molecule has 0 unspecified atom stereocenters. The van der Waals surface area contributed by atoms with Crippen LogP contribution in [0.2, 0.25) is 0 Å². The van der Waals surface area contributed by atoms with E-state index in [-0.39, 0.29) is 5.75 Å². The lowest BCUT2D eigenvalue weighted by molar-refractivity contribution is -0.191. The van der Waals surface area contributed by atoms with E-state index in [0.29, 0.717) is 11.5 Å². The van der Waals surface area contributed by atoms with Crippen molar-refractivity contribution in [3.8, 4) is 0 Å². The second-order valence-electron chi connectivity index (χ2n) is 3.72. The van der Waals surface area contributed by atoms with E-state index < -0.39 is 18.7 Å². The summed E-state index contributed by atoms with van der Waals surface area (Å²) in [5, 5.41) is 3.75. The number of aromatic nitrogens is 1. The van der Waals surface area contributed by atoms with Crippen LogP contribution in [0.5, 0.6) is 0 Å². The van der Waals surface area contributed by atoms with E-state index in [2.05, 4.69) is 9.99 Å². The molecule has 1 heterocycles. The molecule has 5 nitrogen and oxygen atoms in total. The minimum Gasteiger partial charge on any atom is -0.361 e. The minimum absolute atomic E-state index is 0.0120. The molecule has 1 rings (SSSR count). The molecule has 0 aliphatic heterocycles. The van der Waals surface area contributed by atoms with Gasteiger partial charge in [0.1, 0.15) is 5.76 Å². The van der Waals surface area contributed by atoms with E-state index in [4.69, 9.17) is 4.52 Å². The van der Waals surface area contributed by atoms with E-state index in [1.807, 2.05) is 0 Å². The Balaban J connectivity index is 2.21. The van der Waals surface area contributed by atoms with Crippen molar-refractivity contribution in [2.24, 2.45) is 0 Å². The highest BCUT2D eigenvalue weighted by Gasteiger charge is 2.28. The molecule has 0 radical (unpaired) electrons. The summed E-state index contributed by atoms with van der Waals surface area (Å²) in [5.41, 5.74) is 3.35. The molecule has 0 spiro atoms. The number of hydroxylamine groups is 1. The molecule has 9 heteroatoms. The van der Waals surface area contributed by atoms with Gasteiger partial charge in [-0.1, -0.05) is 5.16 Å². The van der Waals surface area contributed by atoms with Gasteiger partial charge in [0.15, 0.2) is 6.61 Å². The summed E-state index contributed by atoms with van der Waals surface area (Å²) in [5.74, 6) is 0.523. The first kappa shape index (κ1) is 15.8. The number of carbonyl (C=O) groups is 1. The quantitative estimate of drug-likeness (QED) is 0.815. The average Bonchev–Trinajstić information content (AvgIpc) is 2.58. The van der Waals surface area contributed by atoms with Crippen molar-refractivity contribution in [3.63, 3.8) is 0 Å². The standard InChI is InChI=1S/C10H13F3N2O3S/c1-6-8(7(2)18-14-6)3-19-4-9(16)15-17-5-10(11,12)13/h3-5H2,1-2H3,(H,15,16). The first-order valence-corrected chi connectivity index (χ1v) is 6.42. The van der Waals surface area contributed by atoms with Crippen LogP contribution < -0.4 is 5.48 Å². The summed E-state index contributed by atoms with van der Waals surface area (Å²) in [6, 6.07) is 0. The lowest BCUT2D eigenvalue weighted by Crippen LogP contribution is -2.30. The summed E-state index contributed by atoms with van der Waals surface area (Å²) < 4.78 is 40.1. The number of nitrogens with one attached hydrogen (secondary N) is 1. The third-order valence-corrected chi connectivity index (χ3v) is 3.04. The van der Waals surface area contributed by atoms with Crippen LogP contribution in [0.25, 0.3) is 0 Å². The van der Waals surface area contributed by atoms with Crippen molar-refractivity contribution in [1.29, 1.82) is 0 Å². The molecule has 1 aromatic rings. The van der Waals surface area contributed by atoms with Gasteiger partial charge in [-0.3, -0.25) is 9.63 Å². The largest absolute Gasteiger partial charge is 0.414 e. The molecule has 0 fully saturated rings.